The van der Waals surface area contributed by atoms with Gasteiger partial charge in [-0.3, -0.25) is 4.90 Å². The van der Waals surface area contributed by atoms with Gasteiger partial charge >= 0.3 is 0 Å². The number of rotatable bonds is 3. The smallest absolute Gasteiger partial charge is 0.173 e. The summed E-state index contributed by atoms with van der Waals surface area (Å²) in [5, 5.41) is 4.87. The molecule has 1 fully saturated rings. The number of nitrogens with one attached hydrogen (secondary N) is 1. The standard InChI is InChI=1S/C16H17Cl2N3OS/c17-13-4-1-5-14(15(13)18)19-16(23)21-8-6-20(7-9-21)11-12-3-2-10-22-12/h1-5,10H,6-9,11H2,(H,19,23). The van der Waals surface area contributed by atoms with Gasteiger partial charge < -0.3 is 14.6 Å². The van der Waals surface area contributed by atoms with E-state index in [0.29, 0.717) is 15.2 Å². The number of piperazine rings is 1. The topological polar surface area (TPSA) is 31.6 Å². The third-order valence-corrected chi connectivity index (χ3v) is 4.99. The predicted molar refractivity (Wildman–Crippen MR) is 98.2 cm³/mol. The Morgan fingerprint density at radius 1 is 1.13 bits per heavy atom. The van der Waals surface area contributed by atoms with Crippen molar-refractivity contribution < 1.29 is 4.42 Å². The zero-order valence-corrected chi connectivity index (χ0v) is 14.8. The second kappa shape index (κ2) is 7.53. The number of benzene rings is 1. The van der Waals surface area contributed by atoms with Gasteiger partial charge in [0, 0.05) is 26.2 Å². The summed E-state index contributed by atoms with van der Waals surface area (Å²) < 4.78 is 5.39. The van der Waals surface area contributed by atoms with Crippen LogP contribution in [0, 0.1) is 0 Å². The van der Waals surface area contributed by atoms with E-state index in [1.807, 2.05) is 24.3 Å². The summed E-state index contributed by atoms with van der Waals surface area (Å²) in [6.45, 7) is 4.44. The highest BCUT2D eigenvalue weighted by atomic mass is 35.5. The molecular formula is C16H17Cl2N3OS. The molecule has 1 N–H and O–H groups in total. The summed E-state index contributed by atoms with van der Waals surface area (Å²) in [5.41, 5.74) is 0.738. The first kappa shape index (κ1) is 16.6. The molecule has 1 aromatic carbocycles. The third-order valence-electron chi connectivity index (χ3n) is 3.81. The number of anilines is 1. The molecule has 0 saturated carbocycles. The normalized spacial score (nSPS) is 15.7. The molecule has 7 heteroatoms. The molecule has 0 radical (unpaired) electrons. The average molecular weight is 370 g/mol. The zero-order chi connectivity index (χ0) is 16.2. The van der Waals surface area contributed by atoms with Crippen molar-refractivity contribution in [2.75, 3.05) is 31.5 Å². The molecule has 0 aliphatic carbocycles. The Bertz CT molecular complexity index is 670. The Labute approximate surface area is 151 Å². The first-order valence-electron chi connectivity index (χ1n) is 7.38. The van der Waals surface area contributed by atoms with Crippen molar-refractivity contribution in [1.29, 1.82) is 0 Å². The highest BCUT2D eigenvalue weighted by molar-refractivity contribution is 7.80. The fraction of sp³-hybridized carbons (Fsp3) is 0.312. The van der Waals surface area contributed by atoms with E-state index in [0.717, 1.165) is 44.2 Å². The molecule has 1 aromatic heterocycles. The number of thiocarbonyl (C=S) groups is 1. The van der Waals surface area contributed by atoms with E-state index >= 15 is 0 Å². The fourth-order valence-electron chi connectivity index (χ4n) is 2.53. The van der Waals surface area contributed by atoms with Crippen LogP contribution in [-0.2, 0) is 6.54 Å². The summed E-state index contributed by atoms with van der Waals surface area (Å²) in [4.78, 5) is 4.50. The van der Waals surface area contributed by atoms with E-state index in [9.17, 15) is 0 Å². The van der Waals surface area contributed by atoms with Gasteiger partial charge in [0.15, 0.2) is 5.11 Å². The molecule has 0 amide bonds. The second-order valence-corrected chi connectivity index (χ2v) is 6.55. The third kappa shape index (κ3) is 4.18. The maximum atomic E-state index is 6.19. The van der Waals surface area contributed by atoms with Crippen LogP contribution in [0.25, 0.3) is 0 Å². The minimum Gasteiger partial charge on any atom is -0.468 e. The van der Waals surface area contributed by atoms with Crippen molar-refractivity contribution in [3.8, 4) is 0 Å². The van der Waals surface area contributed by atoms with E-state index in [-0.39, 0.29) is 0 Å². The van der Waals surface area contributed by atoms with E-state index in [1.54, 1.807) is 12.3 Å². The SMILES string of the molecule is S=C(Nc1cccc(Cl)c1Cl)N1CCN(Cc2ccco2)CC1. The maximum Gasteiger partial charge on any atom is 0.173 e. The van der Waals surface area contributed by atoms with Gasteiger partial charge in [0.05, 0.1) is 28.5 Å². The van der Waals surface area contributed by atoms with Gasteiger partial charge in [0.25, 0.3) is 0 Å². The molecule has 0 unspecified atom stereocenters. The van der Waals surface area contributed by atoms with Gasteiger partial charge in [0.1, 0.15) is 5.76 Å². The minimum atomic E-state index is 0.493. The Hall–Kier alpha value is -1.27. The molecule has 2 heterocycles. The largest absolute Gasteiger partial charge is 0.468 e. The van der Waals surface area contributed by atoms with Crippen LogP contribution in [0.4, 0.5) is 5.69 Å². The first-order chi connectivity index (χ1) is 11.1. The van der Waals surface area contributed by atoms with Crippen LogP contribution in [-0.4, -0.2) is 41.1 Å². The molecule has 1 saturated heterocycles. The lowest BCUT2D eigenvalue weighted by Crippen LogP contribution is -2.49. The Kier molecular flexibility index (Phi) is 5.43. The van der Waals surface area contributed by atoms with E-state index in [4.69, 9.17) is 39.8 Å². The van der Waals surface area contributed by atoms with Crippen molar-refractivity contribution in [2.45, 2.75) is 6.54 Å². The molecule has 122 valence electrons. The number of nitrogens with zero attached hydrogens (tertiary/aromatic N) is 2. The van der Waals surface area contributed by atoms with Crippen LogP contribution in [0.5, 0.6) is 0 Å². The van der Waals surface area contributed by atoms with Crippen molar-refractivity contribution in [1.82, 2.24) is 9.80 Å². The monoisotopic (exact) mass is 369 g/mol. The summed E-state index contributed by atoms with van der Waals surface area (Å²) in [6.07, 6.45) is 1.71. The molecule has 23 heavy (non-hydrogen) atoms. The van der Waals surface area contributed by atoms with Crippen LogP contribution >= 0.6 is 35.4 Å². The van der Waals surface area contributed by atoms with E-state index in [2.05, 4.69) is 15.1 Å². The zero-order valence-electron chi connectivity index (χ0n) is 12.5. The molecule has 0 bridgehead atoms. The summed E-state index contributed by atoms with van der Waals surface area (Å²) >= 11 is 17.7. The summed E-state index contributed by atoms with van der Waals surface area (Å²) in [5.74, 6) is 0.991. The quantitative estimate of drug-likeness (QED) is 0.823. The molecule has 1 aliphatic heterocycles. The van der Waals surface area contributed by atoms with Gasteiger partial charge in [-0.05, 0) is 36.5 Å². The van der Waals surface area contributed by atoms with Gasteiger partial charge in [-0.1, -0.05) is 29.3 Å². The second-order valence-electron chi connectivity index (χ2n) is 5.37. The van der Waals surface area contributed by atoms with E-state index < -0.39 is 0 Å². The highest BCUT2D eigenvalue weighted by Crippen LogP contribution is 2.29. The van der Waals surface area contributed by atoms with Crippen LogP contribution < -0.4 is 5.32 Å². The van der Waals surface area contributed by atoms with E-state index in [1.165, 1.54) is 0 Å². The average Bonchev–Trinajstić information content (AvgIpc) is 3.05. The molecule has 2 aromatic rings. The van der Waals surface area contributed by atoms with Crippen molar-refractivity contribution >= 4 is 46.2 Å². The van der Waals surface area contributed by atoms with Crippen LogP contribution in [0.3, 0.4) is 0 Å². The van der Waals surface area contributed by atoms with Gasteiger partial charge in [-0.25, -0.2) is 0 Å². The lowest BCUT2D eigenvalue weighted by Gasteiger charge is -2.35. The van der Waals surface area contributed by atoms with Crippen molar-refractivity contribution in [3.63, 3.8) is 0 Å². The lowest BCUT2D eigenvalue weighted by atomic mass is 10.3. The number of furan rings is 1. The molecule has 0 spiro atoms. The Morgan fingerprint density at radius 3 is 2.61 bits per heavy atom. The number of hydrogen-bond donors (Lipinski definition) is 1. The van der Waals surface area contributed by atoms with Crippen LogP contribution in [0.1, 0.15) is 5.76 Å². The Morgan fingerprint density at radius 2 is 1.91 bits per heavy atom. The molecular weight excluding hydrogens is 353 g/mol. The summed E-state index contributed by atoms with van der Waals surface area (Å²) in [7, 11) is 0. The minimum absolute atomic E-state index is 0.493. The number of halogens is 2. The fourth-order valence-corrected chi connectivity index (χ4v) is 3.17. The molecule has 3 rings (SSSR count). The predicted octanol–water partition coefficient (Wildman–Crippen LogP) is 4.10. The van der Waals surface area contributed by atoms with Gasteiger partial charge in [-0.15, -0.1) is 0 Å². The summed E-state index contributed by atoms with van der Waals surface area (Å²) in [6, 6.07) is 9.39. The number of hydrogen-bond acceptors (Lipinski definition) is 3. The highest BCUT2D eigenvalue weighted by Gasteiger charge is 2.20. The van der Waals surface area contributed by atoms with Gasteiger partial charge in [0.2, 0.25) is 0 Å². The molecule has 1 aliphatic rings. The maximum absolute atomic E-state index is 6.19. The molecule has 0 atom stereocenters. The van der Waals surface area contributed by atoms with Crippen molar-refractivity contribution in [3.05, 3.63) is 52.4 Å². The molecule has 4 nitrogen and oxygen atoms in total. The first-order valence-corrected chi connectivity index (χ1v) is 8.54. The van der Waals surface area contributed by atoms with Gasteiger partial charge in [-0.2, -0.15) is 0 Å². The van der Waals surface area contributed by atoms with Crippen molar-refractivity contribution in [2.24, 2.45) is 0 Å². The van der Waals surface area contributed by atoms with Crippen LogP contribution in [0.2, 0.25) is 10.0 Å². The lowest BCUT2D eigenvalue weighted by molar-refractivity contribution is 0.166. The Balaban J connectivity index is 1.53. The van der Waals surface area contributed by atoms with Crippen LogP contribution in [0.15, 0.2) is 41.0 Å².